The highest BCUT2D eigenvalue weighted by Gasteiger charge is 2.18. The molecule has 0 amide bonds. The van der Waals surface area contributed by atoms with E-state index in [9.17, 15) is 5.11 Å². The summed E-state index contributed by atoms with van der Waals surface area (Å²) >= 11 is 1.61. The first kappa shape index (κ1) is 18.5. The van der Waals surface area contributed by atoms with Gasteiger partial charge < -0.3 is 10.4 Å². The molecular weight excluding hydrogens is 368 g/mol. The van der Waals surface area contributed by atoms with Crippen LogP contribution in [0.2, 0.25) is 0 Å². The van der Waals surface area contributed by atoms with Crippen LogP contribution in [-0.2, 0) is 0 Å². The monoisotopic (exact) mass is 390 g/mol. The summed E-state index contributed by atoms with van der Waals surface area (Å²) in [5.41, 5.74) is 4.39. The van der Waals surface area contributed by atoms with E-state index < -0.39 is 0 Å². The van der Waals surface area contributed by atoms with Gasteiger partial charge in [-0.1, -0.05) is 36.8 Å². The summed E-state index contributed by atoms with van der Waals surface area (Å²) in [6, 6.07) is 12.2. The first-order valence-corrected chi connectivity index (χ1v) is 10.2. The Labute approximate surface area is 168 Å². The average molecular weight is 391 g/mol. The molecule has 0 unspecified atom stereocenters. The zero-order chi connectivity index (χ0) is 19.5. The number of nitrogens with one attached hydrogen (secondary N) is 1. The van der Waals surface area contributed by atoms with Gasteiger partial charge in [0.2, 0.25) is 0 Å². The van der Waals surface area contributed by atoms with Crippen LogP contribution in [0.25, 0.3) is 32.7 Å². The van der Waals surface area contributed by atoms with Crippen molar-refractivity contribution in [1.82, 2.24) is 15.0 Å². The number of aliphatic hydroxyl groups is 1. The fraction of sp³-hybridized carbons (Fsp3) is 0.227. The van der Waals surface area contributed by atoms with Crippen molar-refractivity contribution in [2.75, 3.05) is 11.9 Å². The van der Waals surface area contributed by atoms with E-state index in [1.54, 1.807) is 23.7 Å². The molecule has 2 N–H and O–H groups in total. The number of nitrogens with zero attached hydrogens (tertiary/aromatic N) is 3. The van der Waals surface area contributed by atoms with Crippen molar-refractivity contribution < 1.29 is 5.11 Å². The van der Waals surface area contributed by atoms with Crippen LogP contribution in [0.4, 0.5) is 5.82 Å². The summed E-state index contributed by atoms with van der Waals surface area (Å²) in [6.45, 7) is 4.18. The van der Waals surface area contributed by atoms with Gasteiger partial charge in [0, 0.05) is 28.9 Å². The Morgan fingerprint density at radius 3 is 2.46 bits per heavy atom. The summed E-state index contributed by atoms with van der Waals surface area (Å²) in [6.07, 6.45) is 4.28. The van der Waals surface area contributed by atoms with Crippen LogP contribution >= 0.6 is 11.3 Å². The molecule has 0 aliphatic heterocycles. The van der Waals surface area contributed by atoms with Crippen molar-refractivity contribution in [2.24, 2.45) is 0 Å². The van der Waals surface area contributed by atoms with E-state index in [0.717, 1.165) is 39.1 Å². The van der Waals surface area contributed by atoms with E-state index in [-0.39, 0.29) is 12.6 Å². The predicted molar refractivity (Wildman–Crippen MR) is 116 cm³/mol. The SMILES string of the molecule is CC[C@H](CO)Nc1nc(-c2ccncc2)nc2scc(-c3ccc(C)cc3)c12. The quantitative estimate of drug-likeness (QED) is 0.489. The molecule has 4 rings (SSSR count). The van der Waals surface area contributed by atoms with Gasteiger partial charge in [-0.05, 0) is 31.0 Å². The minimum atomic E-state index is -0.0610. The molecule has 0 aliphatic rings. The fourth-order valence-electron chi connectivity index (χ4n) is 3.09. The Balaban J connectivity index is 1.90. The van der Waals surface area contributed by atoms with Crippen molar-refractivity contribution >= 4 is 27.4 Å². The van der Waals surface area contributed by atoms with Gasteiger partial charge in [0.1, 0.15) is 10.6 Å². The van der Waals surface area contributed by atoms with E-state index in [1.807, 2.05) is 19.1 Å². The van der Waals surface area contributed by atoms with Gasteiger partial charge in [-0.15, -0.1) is 11.3 Å². The van der Waals surface area contributed by atoms with Gasteiger partial charge in [0.15, 0.2) is 5.82 Å². The number of fused-ring (bicyclic) bond motifs is 1. The molecule has 0 spiro atoms. The molecule has 0 saturated carbocycles. The second-order valence-electron chi connectivity index (χ2n) is 6.76. The highest BCUT2D eigenvalue weighted by atomic mass is 32.1. The second-order valence-corrected chi connectivity index (χ2v) is 7.62. The molecule has 3 aromatic heterocycles. The van der Waals surface area contributed by atoms with Crippen LogP contribution in [0, 0.1) is 6.92 Å². The number of aromatic nitrogens is 3. The summed E-state index contributed by atoms with van der Waals surface area (Å²) in [5.74, 6) is 1.41. The number of hydrogen-bond acceptors (Lipinski definition) is 6. The molecule has 0 fully saturated rings. The normalized spacial score (nSPS) is 12.2. The minimum absolute atomic E-state index is 0.0522. The Kier molecular flexibility index (Phi) is 5.32. The minimum Gasteiger partial charge on any atom is -0.394 e. The van der Waals surface area contributed by atoms with E-state index in [2.05, 4.69) is 46.9 Å². The van der Waals surface area contributed by atoms with E-state index >= 15 is 0 Å². The first-order valence-electron chi connectivity index (χ1n) is 9.33. The Morgan fingerprint density at radius 2 is 1.79 bits per heavy atom. The standard InChI is InChI=1S/C22H22N4OS/c1-3-17(12-27)24-21-19-18(15-6-4-14(2)5-7-15)13-28-22(19)26-20(25-21)16-8-10-23-11-9-16/h4-11,13,17,27H,3,12H2,1-2H3,(H,24,25,26)/t17-/m1/s1. The molecule has 28 heavy (non-hydrogen) atoms. The van der Waals surface area contributed by atoms with Crippen LogP contribution < -0.4 is 5.32 Å². The summed E-state index contributed by atoms with van der Waals surface area (Å²) in [5, 5.41) is 16.3. The third kappa shape index (κ3) is 3.61. The molecule has 1 aromatic carbocycles. The van der Waals surface area contributed by atoms with Crippen molar-refractivity contribution in [2.45, 2.75) is 26.3 Å². The van der Waals surface area contributed by atoms with Crippen LogP contribution in [0.3, 0.4) is 0 Å². The topological polar surface area (TPSA) is 70.9 Å². The average Bonchev–Trinajstić information content (AvgIpc) is 3.17. The largest absolute Gasteiger partial charge is 0.394 e. The number of hydrogen-bond donors (Lipinski definition) is 2. The van der Waals surface area contributed by atoms with E-state index in [0.29, 0.717) is 5.82 Å². The van der Waals surface area contributed by atoms with Crippen molar-refractivity contribution in [3.8, 4) is 22.5 Å². The number of aliphatic hydroxyl groups excluding tert-OH is 1. The van der Waals surface area contributed by atoms with Gasteiger partial charge in [-0.3, -0.25) is 4.98 Å². The van der Waals surface area contributed by atoms with Crippen LogP contribution in [0.15, 0.2) is 54.2 Å². The molecule has 4 aromatic rings. The smallest absolute Gasteiger partial charge is 0.163 e. The Bertz CT molecular complexity index is 1070. The van der Waals surface area contributed by atoms with Crippen LogP contribution in [-0.4, -0.2) is 32.7 Å². The van der Waals surface area contributed by atoms with Crippen molar-refractivity contribution in [3.05, 3.63) is 59.7 Å². The molecule has 0 radical (unpaired) electrons. The van der Waals surface area contributed by atoms with Gasteiger partial charge in [0.25, 0.3) is 0 Å². The lowest BCUT2D eigenvalue weighted by molar-refractivity contribution is 0.271. The zero-order valence-corrected chi connectivity index (χ0v) is 16.7. The molecule has 0 saturated heterocycles. The lowest BCUT2D eigenvalue weighted by atomic mass is 10.0. The third-order valence-corrected chi connectivity index (χ3v) is 5.66. The highest BCUT2D eigenvalue weighted by Crippen LogP contribution is 2.38. The predicted octanol–water partition coefficient (Wildman–Crippen LogP) is 4.91. The maximum atomic E-state index is 9.70. The summed E-state index contributed by atoms with van der Waals surface area (Å²) in [4.78, 5) is 14.6. The number of anilines is 1. The lowest BCUT2D eigenvalue weighted by Crippen LogP contribution is -2.23. The number of aryl methyl sites for hydroxylation is 1. The zero-order valence-electron chi connectivity index (χ0n) is 15.9. The van der Waals surface area contributed by atoms with E-state index in [1.165, 1.54) is 5.56 Å². The highest BCUT2D eigenvalue weighted by molar-refractivity contribution is 7.17. The third-order valence-electron chi connectivity index (χ3n) is 4.79. The van der Waals surface area contributed by atoms with Crippen molar-refractivity contribution in [1.29, 1.82) is 0 Å². The molecule has 6 heteroatoms. The van der Waals surface area contributed by atoms with E-state index in [4.69, 9.17) is 9.97 Å². The fourth-order valence-corrected chi connectivity index (χ4v) is 4.04. The first-order chi connectivity index (χ1) is 13.7. The van der Waals surface area contributed by atoms with Crippen molar-refractivity contribution in [3.63, 3.8) is 0 Å². The van der Waals surface area contributed by atoms with Gasteiger partial charge in [-0.2, -0.15) is 0 Å². The molecular formula is C22H22N4OS. The maximum Gasteiger partial charge on any atom is 0.163 e. The molecule has 142 valence electrons. The van der Waals surface area contributed by atoms with Gasteiger partial charge in [-0.25, -0.2) is 9.97 Å². The summed E-state index contributed by atoms with van der Waals surface area (Å²) in [7, 11) is 0. The number of benzene rings is 1. The molecule has 0 bridgehead atoms. The van der Waals surface area contributed by atoms with Crippen LogP contribution in [0.5, 0.6) is 0 Å². The molecule has 3 heterocycles. The van der Waals surface area contributed by atoms with Gasteiger partial charge >= 0.3 is 0 Å². The lowest BCUT2D eigenvalue weighted by Gasteiger charge is -2.17. The number of rotatable bonds is 6. The van der Waals surface area contributed by atoms with Gasteiger partial charge in [0.05, 0.1) is 18.0 Å². The number of pyridine rings is 1. The van der Waals surface area contributed by atoms with Crippen LogP contribution in [0.1, 0.15) is 18.9 Å². The number of thiophene rings is 1. The maximum absolute atomic E-state index is 9.70. The summed E-state index contributed by atoms with van der Waals surface area (Å²) < 4.78 is 0. The molecule has 5 nitrogen and oxygen atoms in total. The molecule has 1 atom stereocenters. The Hall–Kier alpha value is -2.83. The second kappa shape index (κ2) is 8.04. The molecule has 0 aliphatic carbocycles. The Morgan fingerprint density at radius 1 is 1.04 bits per heavy atom.